The van der Waals surface area contributed by atoms with Crippen molar-refractivity contribution in [1.82, 2.24) is 10.3 Å². The lowest BCUT2D eigenvalue weighted by Crippen LogP contribution is -2.23. The van der Waals surface area contributed by atoms with E-state index >= 15 is 0 Å². The van der Waals surface area contributed by atoms with Gasteiger partial charge in [0.25, 0.3) is 0 Å². The van der Waals surface area contributed by atoms with Gasteiger partial charge in [-0.1, -0.05) is 48.5 Å². The van der Waals surface area contributed by atoms with Crippen LogP contribution in [0.4, 0.5) is 0 Å². The molecule has 0 bridgehead atoms. The second-order valence-electron chi connectivity index (χ2n) is 7.11. The second-order valence-corrected chi connectivity index (χ2v) is 8.23. The Hall–Kier alpha value is -3.38. The van der Waals surface area contributed by atoms with Gasteiger partial charge in [-0.3, -0.25) is 4.79 Å². The second kappa shape index (κ2) is 10.1. The number of methoxy groups -OCH3 is 1. The lowest BCUT2D eigenvalue weighted by Gasteiger charge is -2.13. The van der Waals surface area contributed by atoms with Crippen LogP contribution in [0.2, 0.25) is 0 Å². The molecule has 0 fully saturated rings. The topological polar surface area (TPSA) is 60.5 Å². The van der Waals surface area contributed by atoms with Gasteiger partial charge in [0.1, 0.15) is 6.61 Å². The number of carbonyl (C=O) groups excluding carboxylic acids is 1. The normalized spacial score (nSPS) is 10.7. The molecule has 3 aromatic carbocycles. The zero-order valence-corrected chi connectivity index (χ0v) is 18.2. The molecule has 1 heterocycles. The molecule has 1 aromatic heterocycles. The van der Waals surface area contributed by atoms with Gasteiger partial charge in [0.2, 0.25) is 5.91 Å². The Balaban J connectivity index is 1.28. The first-order valence-corrected chi connectivity index (χ1v) is 11.0. The molecule has 6 heteroatoms. The van der Waals surface area contributed by atoms with Crippen molar-refractivity contribution in [2.24, 2.45) is 0 Å². The molecule has 0 spiro atoms. The number of ether oxygens (including phenoxy) is 2. The fraction of sp³-hybridized carbons (Fsp3) is 0.200. The van der Waals surface area contributed by atoms with Crippen LogP contribution in [0.3, 0.4) is 0 Å². The minimum Gasteiger partial charge on any atom is -0.493 e. The van der Waals surface area contributed by atoms with Gasteiger partial charge in [0.05, 0.1) is 22.3 Å². The Morgan fingerprint density at radius 3 is 2.58 bits per heavy atom. The van der Waals surface area contributed by atoms with Gasteiger partial charge in [-0.2, -0.15) is 0 Å². The number of thiazole rings is 1. The number of hydrogen-bond donors (Lipinski definition) is 1. The molecule has 0 aliphatic rings. The number of carbonyl (C=O) groups is 1. The summed E-state index contributed by atoms with van der Waals surface area (Å²) >= 11 is 1.64. The lowest BCUT2D eigenvalue weighted by atomic mass is 10.2. The van der Waals surface area contributed by atoms with Gasteiger partial charge in [-0.05, 0) is 35.4 Å². The first-order valence-electron chi connectivity index (χ1n) is 10.2. The molecular weight excluding hydrogens is 408 g/mol. The van der Waals surface area contributed by atoms with E-state index in [-0.39, 0.29) is 5.91 Å². The first kappa shape index (κ1) is 20.9. The van der Waals surface area contributed by atoms with Crippen molar-refractivity contribution in [1.29, 1.82) is 0 Å². The van der Waals surface area contributed by atoms with Crippen LogP contribution in [-0.2, 0) is 24.4 Å². The number of nitrogens with one attached hydrogen (secondary N) is 1. The predicted molar refractivity (Wildman–Crippen MR) is 124 cm³/mol. The Bertz CT molecular complexity index is 1120. The van der Waals surface area contributed by atoms with E-state index in [0.29, 0.717) is 37.5 Å². The van der Waals surface area contributed by atoms with Crippen molar-refractivity contribution in [3.05, 3.63) is 88.9 Å². The number of amides is 1. The van der Waals surface area contributed by atoms with Crippen LogP contribution in [0.15, 0.2) is 72.8 Å². The van der Waals surface area contributed by atoms with Gasteiger partial charge < -0.3 is 14.8 Å². The van der Waals surface area contributed by atoms with E-state index in [1.165, 1.54) is 0 Å². The van der Waals surface area contributed by atoms with Crippen molar-refractivity contribution < 1.29 is 14.3 Å². The predicted octanol–water partition coefficient (Wildman–Crippen LogP) is 5.13. The fourth-order valence-electron chi connectivity index (χ4n) is 3.21. The SMILES string of the molecule is COc1cc(CNC(=O)CCc2nc3ccccc3s2)ccc1OCc1ccccc1. The molecule has 4 rings (SSSR count). The van der Waals surface area contributed by atoms with E-state index < -0.39 is 0 Å². The minimum atomic E-state index is 0.00243. The molecule has 158 valence electrons. The van der Waals surface area contributed by atoms with Crippen LogP contribution < -0.4 is 14.8 Å². The quantitative estimate of drug-likeness (QED) is 0.398. The fourth-order valence-corrected chi connectivity index (χ4v) is 4.18. The van der Waals surface area contributed by atoms with E-state index in [2.05, 4.69) is 16.4 Å². The highest BCUT2D eigenvalue weighted by Gasteiger charge is 2.09. The average Bonchev–Trinajstić information content (AvgIpc) is 3.24. The number of hydrogen-bond acceptors (Lipinski definition) is 5. The molecular formula is C25H24N2O3S. The summed E-state index contributed by atoms with van der Waals surface area (Å²) in [5.74, 6) is 1.33. The maximum atomic E-state index is 12.3. The number of para-hydroxylation sites is 1. The van der Waals surface area contributed by atoms with Crippen LogP contribution >= 0.6 is 11.3 Å². The molecule has 1 N–H and O–H groups in total. The summed E-state index contributed by atoms with van der Waals surface area (Å²) in [6.07, 6.45) is 1.05. The molecule has 0 aliphatic heterocycles. The summed E-state index contributed by atoms with van der Waals surface area (Å²) in [4.78, 5) is 16.9. The molecule has 1 amide bonds. The van der Waals surface area contributed by atoms with E-state index in [1.54, 1.807) is 18.4 Å². The molecule has 0 atom stereocenters. The molecule has 31 heavy (non-hydrogen) atoms. The summed E-state index contributed by atoms with van der Waals surface area (Å²) in [5.41, 5.74) is 3.04. The number of aromatic nitrogens is 1. The van der Waals surface area contributed by atoms with Gasteiger partial charge in [-0.25, -0.2) is 4.98 Å². The summed E-state index contributed by atoms with van der Waals surface area (Å²) in [6, 6.07) is 23.7. The highest BCUT2D eigenvalue weighted by Crippen LogP contribution is 2.29. The van der Waals surface area contributed by atoms with Gasteiger partial charge >= 0.3 is 0 Å². The van der Waals surface area contributed by atoms with E-state index in [1.807, 2.05) is 66.7 Å². The zero-order chi connectivity index (χ0) is 21.5. The Labute approximate surface area is 185 Å². The van der Waals surface area contributed by atoms with Crippen molar-refractivity contribution in [2.45, 2.75) is 26.0 Å². The third-order valence-corrected chi connectivity index (χ3v) is 5.96. The van der Waals surface area contributed by atoms with E-state index in [9.17, 15) is 4.79 Å². The maximum Gasteiger partial charge on any atom is 0.220 e. The smallest absolute Gasteiger partial charge is 0.220 e. The molecule has 5 nitrogen and oxygen atoms in total. The highest BCUT2D eigenvalue weighted by molar-refractivity contribution is 7.18. The molecule has 0 unspecified atom stereocenters. The van der Waals surface area contributed by atoms with Gasteiger partial charge in [-0.15, -0.1) is 11.3 Å². The van der Waals surface area contributed by atoms with Crippen LogP contribution in [-0.4, -0.2) is 18.0 Å². The number of aryl methyl sites for hydroxylation is 1. The molecule has 0 saturated heterocycles. The zero-order valence-electron chi connectivity index (χ0n) is 17.3. The summed E-state index contributed by atoms with van der Waals surface area (Å²) in [6.45, 7) is 0.910. The largest absolute Gasteiger partial charge is 0.493 e. The Morgan fingerprint density at radius 2 is 1.77 bits per heavy atom. The molecule has 0 saturated carbocycles. The maximum absolute atomic E-state index is 12.3. The number of benzene rings is 3. The Kier molecular flexibility index (Phi) is 6.79. The van der Waals surface area contributed by atoms with Crippen molar-refractivity contribution in [2.75, 3.05) is 7.11 Å². The lowest BCUT2D eigenvalue weighted by molar-refractivity contribution is -0.121. The Morgan fingerprint density at radius 1 is 0.968 bits per heavy atom. The van der Waals surface area contributed by atoms with E-state index in [0.717, 1.165) is 26.4 Å². The summed E-state index contributed by atoms with van der Waals surface area (Å²) in [7, 11) is 1.62. The number of fused-ring (bicyclic) bond motifs is 1. The highest BCUT2D eigenvalue weighted by atomic mass is 32.1. The standard InChI is InChI=1S/C25H24N2O3S/c1-29-22-15-19(11-12-21(22)30-17-18-7-3-2-4-8-18)16-26-24(28)13-14-25-27-20-9-5-6-10-23(20)31-25/h2-12,15H,13-14,16-17H2,1H3,(H,26,28). The van der Waals surface area contributed by atoms with E-state index in [4.69, 9.17) is 9.47 Å². The van der Waals surface area contributed by atoms with Crippen LogP contribution in [0.5, 0.6) is 11.5 Å². The van der Waals surface area contributed by atoms with Crippen molar-refractivity contribution >= 4 is 27.5 Å². The monoisotopic (exact) mass is 432 g/mol. The number of rotatable bonds is 9. The summed E-state index contributed by atoms with van der Waals surface area (Å²) < 4.78 is 12.5. The van der Waals surface area contributed by atoms with Crippen LogP contribution in [0.1, 0.15) is 22.6 Å². The van der Waals surface area contributed by atoms with Crippen LogP contribution in [0, 0.1) is 0 Å². The molecule has 0 radical (unpaired) electrons. The van der Waals surface area contributed by atoms with Gasteiger partial charge in [0, 0.05) is 19.4 Å². The summed E-state index contributed by atoms with van der Waals surface area (Å²) in [5, 5.41) is 3.96. The minimum absolute atomic E-state index is 0.00243. The first-order chi connectivity index (χ1) is 15.2. The third-order valence-electron chi connectivity index (χ3n) is 4.86. The van der Waals surface area contributed by atoms with Gasteiger partial charge in [0.15, 0.2) is 11.5 Å². The third kappa shape index (κ3) is 5.61. The molecule has 0 aliphatic carbocycles. The van der Waals surface area contributed by atoms with Crippen LogP contribution in [0.25, 0.3) is 10.2 Å². The average molecular weight is 433 g/mol. The van der Waals surface area contributed by atoms with Crippen molar-refractivity contribution in [3.63, 3.8) is 0 Å². The van der Waals surface area contributed by atoms with Crippen molar-refractivity contribution in [3.8, 4) is 11.5 Å². The molecule has 4 aromatic rings. The number of nitrogens with zero attached hydrogens (tertiary/aromatic N) is 1.